The molecule has 126 valence electrons. The van der Waals surface area contributed by atoms with Crippen molar-refractivity contribution in [3.63, 3.8) is 0 Å². The van der Waals surface area contributed by atoms with Gasteiger partial charge in [-0.05, 0) is 66.2 Å². The average molecular weight is 333 g/mol. The van der Waals surface area contributed by atoms with E-state index < -0.39 is 0 Å². The molecule has 1 aromatic heterocycles. The Morgan fingerprint density at radius 2 is 1.72 bits per heavy atom. The van der Waals surface area contributed by atoms with Crippen LogP contribution in [0.2, 0.25) is 0 Å². The van der Waals surface area contributed by atoms with Gasteiger partial charge in [-0.3, -0.25) is 0 Å². The molecule has 0 radical (unpaired) electrons. The summed E-state index contributed by atoms with van der Waals surface area (Å²) in [6, 6.07) is 12.4. The van der Waals surface area contributed by atoms with Crippen molar-refractivity contribution in [1.29, 1.82) is 0 Å². The van der Waals surface area contributed by atoms with E-state index in [4.69, 9.17) is 0 Å². The molecule has 0 fully saturated rings. The van der Waals surface area contributed by atoms with E-state index in [9.17, 15) is 10.2 Å². The van der Waals surface area contributed by atoms with Gasteiger partial charge in [-0.25, -0.2) is 0 Å². The van der Waals surface area contributed by atoms with Crippen LogP contribution in [0.4, 0.5) is 0 Å². The van der Waals surface area contributed by atoms with Crippen molar-refractivity contribution >= 4 is 16.3 Å². The molecule has 1 aliphatic heterocycles. The number of phenolic OH excluding ortho intramolecular Hbond substituents is 2. The normalized spacial score (nSPS) is 15.3. The van der Waals surface area contributed by atoms with Gasteiger partial charge >= 0.3 is 0 Å². The van der Waals surface area contributed by atoms with Gasteiger partial charge in [0.25, 0.3) is 0 Å². The number of aromatic nitrogens is 2. The van der Waals surface area contributed by atoms with Crippen molar-refractivity contribution in [3.8, 4) is 22.8 Å². The molecule has 0 unspecified atom stereocenters. The van der Waals surface area contributed by atoms with Gasteiger partial charge in [0.1, 0.15) is 11.5 Å². The summed E-state index contributed by atoms with van der Waals surface area (Å²) in [5.41, 5.74) is 3.37. The van der Waals surface area contributed by atoms with Crippen molar-refractivity contribution in [2.75, 3.05) is 20.1 Å². The maximum atomic E-state index is 10.3. The zero-order valence-electron chi connectivity index (χ0n) is 14.0. The summed E-state index contributed by atoms with van der Waals surface area (Å²) < 4.78 is 0. The van der Waals surface area contributed by atoms with Crippen LogP contribution in [0.3, 0.4) is 0 Å². The molecule has 2 N–H and O–H groups in total. The number of likely N-dealkylation sites (N-methyl/N-ethyl adjacent to an activating group) is 1. The Hall–Kier alpha value is -2.92. The smallest absolute Gasteiger partial charge is 0.125 e. The number of nitrogens with zero attached hydrogens (tertiary/aromatic N) is 3. The second kappa shape index (κ2) is 6.18. The lowest BCUT2D eigenvalue weighted by molar-refractivity contribution is 0.369. The second-order valence-corrected chi connectivity index (χ2v) is 6.45. The number of hydrogen-bond donors (Lipinski definition) is 2. The van der Waals surface area contributed by atoms with Gasteiger partial charge < -0.3 is 15.1 Å². The fourth-order valence-electron chi connectivity index (χ4n) is 3.13. The molecule has 0 atom stereocenters. The van der Waals surface area contributed by atoms with Gasteiger partial charge in [-0.2, -0.15) is 5.10 Å². The van der Waals surface area contributed by atoms with Gasteiger partial charge in [0.2, 0.25) is 0 Å². The number of hydrogen-bond acceptors (Lipinski definition) is 5. The summed E-state index contributed by atoms with van der Waals surface area (Å²) in [6.07, 6.45) is 3.16. The van der Waals surface area contributed by atoms with Crippen LogP contribution in [0.15, 0.2) is 48.5 Å². The summed E-state index contributed by atoms with van der Waals surface area (Å²) in [6.45, 7) is 1.95. The van der Waals surface area contributed by atoms with Crippen molar-refractivity contribution in [2.24, 2.45) is 0 Å². The van der Waals surface area contributed by atoms with Crippen molar-refractivity contribution < 1.29 is 10.2 Å². The number of aromatic hydroxyl groups is 2. The summed E-state index contributed by atoms with van der Waals surface area (Å²) in [5, 5.41) is 30.3. The van der Waals surface area contributed by atoms with Crippen LogP contribution < -0.4 is 0 Å². The molecule has 0 amide bonds. The maximum absolute atomic E-state index is 10.3. The standard InChI is InChI=1S/C20H19N3O2/c1-23-8-6-13(7-9-23)18-4-5-19(22-21-18)17-11-14-2-3-16(24)10-15(14)12-20(17)25/h2-6,10-12,24-25H,7-9H2,1H3. The van der Waals surface area contributed by atoms with Gasteiger partial charge in [0.05, 0.1) is 11.4 Å². The third-order valence-corrected chi connectivity index (χ3v) is 4.62. The van der Waals surface area contributed by atoms with E-state index in [1.165, 1.54) is 5.57 Å². The zero-order valence-corrected chi connectivity index (χ0v) is 14.0. The topological polar surface area (TPSA) is 69.5 Å². The van der Waals surface area contributed by atoms with Crippen LogP contribution in [-0.2, 0) is 0 Å². The fraction of sp³-hybridized carbons (Fsp3) is 0.200. The number of fused-ring (bicyclic) bond motifs is 1. The minimum absolute atomic E-state index is 0.124. The molecule has 5 heteroatoms. The zero-order chi connectivity index (χ0) is 17.4. The summed E-state index contributed by atoms with van der Waals surface area (Å²) >= 11 is 0. The van der Waals surface area contributed by atoms with Crippen LogP contribution in [0.5, 0.6) is 11.5 Å². The Labute approximate surface area is 145 Å². The lowest BCUT2D eigenvalue weighted by Crippen LogP contribution is -2.23. The maximum Gasteiger partial charge on any atom is 0.125 e. The van der Waals surface area contributed by atoms with Gasteiger partial charge in [-0.15, -0.1) is 5.10 Å². The minimum Gasteiger partial charge on any atom is -0.508 e. The van der Waals surface area contributed by atoms with E-state index in [-0.39, 0.29) is 11.5 Å². The Kier molecular flexibility index (Phi) is 3.86. The molecule has 0 aliphatic carbocycles. The number of benzene rings is 2. The first-order valence-electron chi connectivity index (χ1n) is 8.28. The van der Waals surface area contributed by atoms with Crippen LogP contribution in [-0.4, -0.2) is 45.4 Å². The van der Waals surface area contributed by atoms with Crippen LogP contribution in [0.1, 0.15) is 12.1 Å². The Balaban J connectivity index is 1.69. The minimum atomic E-state index is 0.124. The highest BCUT2D eigenvalue weighted by Gasteiger charge is 2.13. The highest BCUT2D eigenvalue weighted by atomic mass is 16.3. The molecule has 5 nitrogen and oxygen atoms in total. The van der Waals surface area contributed by atoms with Crippen LogP contribution in [0.25, 0.3) is 27.6 Å². The molecule has 2 aromatic carbocycles. The molecule has 2 heterocycles. The van der Waals surface area contributed by atoms with E-state index in [0.717, 1.165) is 36.0 Å². The fourth-order valence-corrected chi connectivity index (χ4v) is 3.13. The lowest BCUT2D eigenvalue weighted by atomic mass is 10.0. The van der Waals surface area contributed by atoms with Gasteiger partial charge in [0.15, 0.2) is 0 Å². The number of rotatable bonds is 2. The molecule has 0 spiro atoms. The summed E-state index contributed by atoms with van der Waals surface area (Å²) in [7, 11) is 2.10. The summed E-state index contributed by atoms with van der Waals surface area (Å²) in [4.78, 5) is 2.26. The molecule has 0 saturated heterocycles. The lowest BCUT2D eigenvalue weighted by Gasteiger charge is -2.21. The Morgan fingerprint density at radius 3 is 2.44 bits per heavy atom. The van der Waals surface area contributed by atoms with Gasteiger partial charge in [-0.1, -0.05) is 12.1 Å². The first-order valence-corrected chi connectivity index (χ1v) is 8.28. The third kappa shape index (κ3) is 3.06. The van der Waals surface area contributed by atoms with Crippen LogP contribution >= 0.6 is 0 Å². The van der Waals surface area contributed by atoms with E-state index in [1.807, 2.05) is 24.3 Å². The molecule has 0 saturated carbocycles. The van der Waals surface area contributed by atoms with Crippen molar-refractivity contribution in [1.82, 2.24) is 15.1 Å². The van der Waals surface area contributed by atoms with Crippen molar-refractivity contribution in [3.05, 3.63) is 54.2 Å². The summed E-state index contributed by atoms with van der Waals surface area (Å²) in [5.74, 6) is 0.300. The SMILES string of the molecule is CN1CC=C(c2ccc(-c3cc4ccc(O)cc4cc3O)nn2)CC1. The van der Waals surface area contributed by atoms with Gasteiger partial charge in [0, 0.05) is 18.7 Å². The Bertz CT molecular complexity index is 965. The predicted molar refractivity (Wildman–Crippen MR) is 98.4 cm³/mol. The van der Waals surface area contributed by atoms with E-state index in [0.29, 0.717) is 11.3 Å². The van der Waals surface area contributed by atoms with E-state index in [1.54, 1.807) is 18.2 Å². The van der Waals surface area contributed by atoms with E-state index in [2.05, 4.69) is 28.2 Å². The molecular formula is C20H19N3O2. The first kappa shape index (κ1) is 15.6. The molecule has 0 bridgehead atoms. The molecule has 3 aromatic rings. The quantitative estimate of drug-likeness (QED) is 0.752. The molecule has 4 rings (SSSR count). The van der Waals surface area contributed by atoms with Crippen molar-refractivity contribution in [2.45, 2.75) is 6.42 Å². The monoisotopic (exact) mass is 333 g/mol. The highest BCUT2D eigenvalue weighted by molar-refractivity contribution is 5.90. The second-order valence-electron chi connectivity index (χ2n) is 6.45. The number of phenols is 2. The average Bonchev–Trinajstić information content (AvgIpc) is 2.62. The largest absolute Gasteiger partial charge is 0.508 e. The predicted octanol–water partition coefficient (Wildman–Crippen LogP) is 3.43. The molecular weight excluding hydrogens is 314 g/mol. The molecule has 1 aliphatic rings. The van der Waals surface area contributed by atoms with Crippen LogP contribution in [0, 0.1) is 0 Å². The third-order valence-electron chi connectivity index (χ3n) is 4.62. The Morgan fingerprint density at radius 1 is 0.920 bits per heavy atom. The van der Waals surface area contributed by atoms with E-state index >= 15 is 0 Å². The molecule has 25 heavy (non-hydrogen) atoms. The highest BCUT2D eigenvalue weighted by Crippen LogP contribution is 2.33. The first-order chi connectivity index (χ1) is 12.1.